The van der Waals surface area contributed by atoms with Crippen molar-refractivity contribution in [1.82, 2.24) is 0 Å². The van der Waals surface area contributed by atoms with Crippen LogP contribution in [-0.2, 0) is 14.3 Å². The summed E-state index contributed by atoms with van der Waals surface area (Å²) < 4.78 is 9.65. The molecule has 0 saturated carbocycles. The summed E-state index contributed by atoms with van der Waals surface area (Å²) in [7, 11) is 0. The van der Waals surface area contributed by atoms with Crippen molar-refractivity contribution in [2.75, 3.05) is 19.8 Å². The smallest absolute Gasteiger partial charge is 0.323 e. The van der Waals surface area contributed by atoms with Gasteiger partial charge in [0.1, 0.15) is 12.0 Å². The minimum absolute atomic E-state index is 0.281. The van der Waals surface area contributed by atoms with Crippen LogP contribution in [0.2, 0.25) is 0 Å². The molecule has 0 aromatic carbocycles. The van der Waals surface area contributed by atoms with Crippen LogP contribution in [0.5, 0.6) is 0 Å². The number of hydrogen-bond donors (Lipinski definition) is 0. The number of rotatable bonds is 5. The highest BCUT2D eigenvalue weighted by molar-refractivity contribution is 6.29. The second kappa shape index (κ2) is 6.43. The second-order valence-electron chi connectivity index (χ2n) is 1.98. The maximum atomic E-state index is 10.7. The lowest BCUT2D eigenvalue weighted by Gasteiger charge is -2.04. The summed E-state index contributed by atoms with van der Waals surface area (Å²) in [4.78, 5) is 10.7. The first-order valence-corrected chi connectivity index (χ1v) is 4.00. The zero-order valence-electron chi connectivity index (χ0n) is 6.80. The van der Waals surface area contributed by atoms with Crippen molar-refractivity contribution in [3.8, 4) is 0 Å². The van der Waals surface area contributed by atoms with E-state index in [4.69, 9.17) is 21.1 Å². The van der Waals surface area contributed by atoms with Crippen molar-refractivity contribution in [2.45, 2.75) is 19.2 Å². The summed E-state index contributed by atoms with van der Waals surface area (Å²) in [5.74, 6) is -0.397. The minimum atomic E-state index is -0.573. The quantitative estimate of drug-likeness (QED) is 0.362. The van der Waals surface area contributed by atoms with Crippen LogP contribution in [0.3, 0.4) is 0 Å². The molecule has 0 radical (unpaired) electrons. The molecule has 4 heteroatoms. The number of alkyl halides is 1. The Morgan fingerprint density at radius 2 is 2.18 bits per heavy atom. The van der Waals surface area contributed by atoms with Crippen LogP contribution in [0.1, 0.15) is 13.8 Å². The number of esters is 1. The van der Waals surface area contributed by atoms with Gasteiger partial charge >= 0.3 is 5.97 Å². The summed E-state index contributed by atoms with van der Waals surface area (Å²) in [5, 5.41) is -0.573. The Morgan fingerprint density at radius 3 is 2.64 bits per heavy atom. The molecular formula is C7H13ClO3. The Kier molecular flexibility index (Phi) is 6.27. The molecule has 66 valence electrons. The van der Waals surface area contributed by atoms with Gasteiger partial charge in [-0.05, 0) is 13.8 Å². The third kappa shape index (κ3) is 6.13. The van der Waals surface area contributed by atoms with E-state index in [1.54, 1.807) is 6.92 Å². The summed E-state index contributed by atoms with van der Waals surface area (Å²) in [6.07, 6.45) is 0. The number of carbonyl (C=O) groups excluding carboxylic acids is 1. The van der Waals surface area contributed by atoms with E-state index in [0.29, 0.717) is 13.2 Å². The predicted molar refractivity (Wildman–Crippen MR) is 42.8 cm³/mol. The molecule has 0 aromatic heterocycles. The van der Waals surface area contributed by atoms with Gasteiger partial charge in [-0.1, -0.05) is 0 Å². The first-order chi connectivity index (χ1) is 5.18. The van der Waals surface area contributed by atoms with Crippen LogP contribution < -0.4 is 0 Å². The van der Waals surface area contributed by atoms with E-state index < -0.39 is 11.3 Å². The topological polar surface area (TPSA) is 35.5 Å². The Labute approximate surface area is 71.6 Å². The van der Waals surface area contributed by atoms with Crippen molar-refractivity contribution in [1.29, 1.82) is 0 Å². The monoisotopic (exact) mass is 180 g/mol. The maximum absolute atomic E-state index is 10.7. The summed E-state index contributed by atoms with van der Waals surface area (Å²) in [6, 6.07) is 0. The highest BCUT2D eigenvalue weighted by Gasteiger charge is 2.09. The number of hydrogen-bond acceptors (Lipinski definition) is 3. The van der Waals surface area contributed by atoms with Crippen LogP contribution in [0.15, 0.2) is 0 Å². The highest BCUT2D eigenvalue weighted by atomic mass is 35.5. The lowest BCUT2D eigenvalue weighted by atomic mass is 10.5. The van der Waals surface area contributed by atoms with Crippen molar-refractivity contribution in [3.63, 3.8) is 0 Å². The zero-order valence-corrected chi connectivity index (χ0v) is 7.56. The normalized spacial score (nSPS) is 12.6. The standard InChI is InChI=1S/C7H13ClO3/c1-3-10-4-5-11-7(9)6(2)8/h6H,3-5H2,1-2H3. The molecule has 0 saturated heterocycles. The van der Waals surface area contributed by atoms with Crippen molar-refractivity contribution < 1.29 is 14.3 Å². The van der Waals surface area contributed by atoms with Crippen LogP contribution in [0, 0.1) is 0 Å². The summed E-state index contributed by atoms with van der Waals surface area (Å²) in [6.45, 7) is 4.81. The molecule has 0 aromatic rings. The van der Waals surface area contributed by atoms with E-state index in [2.05, 4.69) is 0 Å². The lowest BCUT2D eigenvalue weighted by molar-refractivity contribution is -0.144. The van der Waals surface area contributed by atoms with Gasteiger partial charge in [-0.3, -0.25) is 4.79 Å². The van der Waals surface area contributed by atoms with Crippen LogP contribution >= 0.6 is 11.6 Å². The average Bonchev–Trinajstić information content (AvgIpc) is 1.97. The van der Waals surface area contributed by atoms with Gasteiger partial charge in [-0.2, -0.15) is 0 Å². The van der Waals surface area contributed by atoms with E-state index in [0.717, 1.165) is 0 Å². The molecule has 0 fully saturated rings. The second-order valence-corrected chi connectivity index (χ2v) is 2.64. The third-order valence-corrected chi connectivity index (χ3v) is 1.18. The van der Waals surface area contributed by atoms with Crippen LogP contribution in [0.25, 0.3) is 0 Å². The fourth-order valence-corrected chi connectivity index (χ4v) is 0.523. The maximum Gasteiger partial charge on any atom is 0.323 e. The predicted octanol–water partition coefficient (Wildman–Crippen LogP) is 1.19. The third-order valence-electron chi connectivity index (χ3n) is 1.00. The first-order valence-electron chi connectivity index (χ1n) is 3.57. The molecule has 0 amide bonds. The van der Waals surface area contributed by atoms with E-state index in [-0.39, 0.29) is 6.61 Å². The summed E-state index contributed by atoms with van der Waals surface area (Å²) in [5.41, 5.74) is 0. The molecule has 0 aliphatic heterocycles. The number of carbonyl (C=O) groups is 1. The largest absolute Gasteiger partial charge is 0.462 e. The van der Waals surface area contributed by atoms with Crippen molar-refractivity contribution in [2.24, 2.45) is 0 Å². The molecule has 0 aliphatic carbocycles. The van der Waals surface area contributed by atoms with E-state index >= 15 is 0 Å². The SMILES string of the molecule is CCOCCOC(=O)C(C)Cl. The average molecular weight is 181 g/mol. The molecule has 0 bridgehead atoms. The molecule has 0 N–H and O–H groups in total. The Bertz CT molecular complexity index is 114. The van der Waals surface area contributed by atoms with Crippen LogP contribution in [0.4, 0.5) is 0 Å². The lowest BCUT2D eigenvalue weighted by Crippen LogP contribution is -2.17. The van der Waals surface area contributed by atoms with Gasteiger partial charge < -0.3 is 9.47 Å². The molecule has 1 atom stereocenters. The van der Waals surface area contributed by atoms with Gasteiger partial charge in [0.15, 0.2) is 0 Å². The van der Waals surface area contributed by atoms with E-state index in [1.165, 1.54) is 0 Å². The summed E-state index contributed by atoms with van der Waals surface area (Å²) >= 11 is 5.43. The fraction of sp³-hybridized carbons (Fsp3) is 0.857. The Hall–Kier alpha value is -0.280. The van der Waals surface area contributed by atoms with Gasteiger partial charge in [0.05, 0.1) is 6.61 Å². The van der Waals surface area contributed by atoms with Crippen LogP contribution in [-0.4, -0.2) is 31.2 Å². The molecular weight excluding hydrogens is 168 g/mol. The van der Waals surface area contributed by atoms with Crippen molar-refractivity contribution >= 4 is 17.6 Å². The molecule has 11 heavy (non-hydrogen) atoms. The van der Waals surface area contributed by atoms with E-state index in [1.807, 2.05) is 6.92 Å². The Balaban J connectivity index is 3.18. The molecule has 3 nitrogen and oxygen atoms in total. The van der Waals surface area contributed by atoms with Gasteiger partial charge in [0.2, 0.25) is 0 Å². The van der Waals surface area contributed by atoms with Gasteiger partial charge in [0.25, 0.3) is 0 Å². The van der Waals surface area contributed by atoms with Crippen molar-refractivity contribution in [3.05, 3.63) is 0 Å². The Morgan fingerprint density at radius 1 is 1.55 bits per heavy atom. The number of ether oxygens (including phenoxy) is 2. The fourth-order valence-electron chi connectivity index (χ4n) is 0.460. The van der Waals surface area contributed by atoms with E-state index in [9.17, 15) is 4.79 Å². The van der Waals surface area contributed by atoms with Gasteiger partial charge in [-0.15, -0.1) is 11.6 Å². The highest BCUT2D eigenvalue weighted by Crippen LogP contribution is 1.95. The molecule has 0 spiro atoms. The van der Waals surface area contributed by atoms with Gasteiger partial charge in [0, 0.05) is 6.61 Å². The minimum Gasteiger partial charge on any atom is -0.462 e. The number of halogens is 1. The first kappa shape index (κ1) is 10.7. The molecule has 0 aliphatic rings. The molecule has 0 heterocycles. The molecule has 0 rings (SSSR count). The molecule has 1 unspecified atom stereocenters. The van der Waals surface area contributed by atoms with Gasteiger partial charge in [-0.25, -0.2) is 0 Å². The zero-order chi connectivity index (χ0) is 8.69.